The molecule has 3 atom stereocenters. The summed E-state index contributed by atoms with van der Waals surface area (Å²) in [6, 6.07) is 6.67. The second-order valence-electron chi connectivity index (χ2n) is 8.58. The van der Waals surface area contributed by atoms with Crippen molar-refractivity contribution >= 4 is 34.5 Å². The molecule has 2 fully saturated rings. The molecular formula is C22H32ClN5O. The molecule has 0 aliphatic carbocycles. The summed E-state index contributed by atoms with van der Waals surface area (Å²) >= 11 is 6.11. The molecular weight excluding hydrogens is 386 g/mol. The molecule has 2 aliphatic heterocycles. The number of piperidine rings is 2. The van der Waals surface area contributed by atoms with Gasteiger partial charge in [0.05, 0.1) is 11.0 Å². The SMILES string of the molecule is C[C@@H]1CCC[C@H](C)N1CCNC(=O)[C@@H]1CCCCN1c1nc2ccc(Cl)cc2[nH]1. The average Bonchev–Trinajstić information content (AvgIpc) is 3.13. The van der Waals surface area contributed by atoms with Gasteiger partial charge in [-0.25, -0.2) is 4.98 Å². The first-order valence-electron chi connectivity index (χ1n) is 11.0. The third kappa shape index (κ3) is 4.53. The number of aromatic amines is 1. The Morgan fingerprint density at radius 3 is 2.79 bits per heavy atom. The highest BCUT2D eigenvalue weighted by atomic mass is 35.5. The topological polar surface area (TPSA) is 64.3 Å². The average molecular weight is 418 g/mol. The summed E-state index contributed by atoms with van der Waals surface area (Å²) in [5.74, 6) is 0.876. The maximum Gasteiger partial charge on any atom is 0.242 e. The van der Waals surface area contributed by atoms with Crippen molar-refractivity contribution in [3.63, 3.8) is 0 Å². The Labute approximate surface area is 178 Å². The van der Waals surface area contributed by atoms with Crippen molar-refractivity contribution in [2.45, 2.75) is 70.5 Å². The molecule has 1 aromatic carbocycles. The van der Waals surface area contributed by atoms with Crippen LogP contribution >= 0.6 is 11.6 Å². The van der Waals surface area contributed by atoms with E-state index in [1.54, 1.807) is 0 Å². The van der Waals surface area contributed by atoms with Crippen LogP contribution in [0.3, 0.4) is 0 Å². The molecule has 0 bridgehead atoms. The van der Waals surface area contributed by atoms with E-state index in [4.69, 9.17) is 16.6 Å². The number of rotatable bonds is 5. The van der Waals surface area contributed by atoms with Gasteiger partial charge in [-0.2, -0.15) is 0 Å². The van der Waals surface area contributed by atoms with E-state index in [0.717, 1.165) is 49.3 Å². The summed E-state index contributed by atoms with van der Waals surface area (Å²) in [5, 5.41) is 3.88. The molecule has 1 aromatic heterocycles. The Balaban J connectivity index is 1.40. The van der Waals surface area contributed by atoms with Gasteiger partial charge in [-0.15, -0.1) is 0 Å². The molecule has 0 unspecified atom stereocenters. The Bertz CT molecular complexity index is 843. The van der Waals surface area contributed by atoms with Gasteiger partial charge in [0.25, 0.3) is 0 Å². The number of H-pyrrole nitrogens is 1. The van der Waals surface area contributed by atoms with Gasteiger partial charge in [-0.3, -0.25) is 9.69 Å². The number of imidazole rings is 1. The van der Waals surface area contributed by atoms with E-state index in [2.05, 4.69) is 33.9 Å². The fourth-order valence-corrected chi connectivity index (χ4v) is 5.08. The molecule has 158 valence electrons. The highest BCUT2D eigenvalue weighted by Gasteiger charge is 2.31. The number of carbonyl (C=O) groups is 1. The van der Waals surface area contributed by atoms with Crippen molar-refractivity contribution in [2.24, 2.45) is 0 Å². The molecule has 4 rings (SSSR count). The lowest BCUT2D eigenvalue weighted by Crippen LogP contribution is -2.52. The second kappa shape index (κ2) is 8.92. The van der Waals surface area contributed by atoms with Crippen LogP contribution in [0.25, 0.3) is 11.0 Å². The highest BCUT2D eigenvalue weighted by molar-refractivity contribution is 6.31. The highest BCUT2D eigenvalue weighted by Crippen LogP contribution is 2.26. The number of aromatic nitrogens is 2. The van der Waals surface area contributed by atoms with Gasteiger partial charge in [-0.05, 0) is 64.2 Å². The predicted molar refractivity (Wildman–Crippen MR) is 119 cm³/mol. The van der Waals surface area contributed by atoms with Crippen LogP contribution < -0.4 is 10.2 Å². The first kappa shape index (κ1) is 20.5. The summed E-state index contributed by atoms with van der Waals surface area (Å²) in [5.41, 5.74) is 1.78. The minimum Gasteiger partial charge on any atom is -0.353 e. The lowest BCUT2D eigenvalue weighted by Gasteiger charge is -2.39. The Hall–Kier alpha value is -1.79. The number of amides is 1. The van der Waals surface area contributed by atoms with E-state index in [-0.39, 0.29) is 11.9 Å². The van der Waals surface area contributed by atoms with E-state index in [9.17, 15) is 4.79 Å². The van der Waals surface area contributed by atoms with Crippen molar-refractivity contribution < 1.29 is 4.79 Å². The van der Waals surface area contributed by atoms with Crippen LogP contribution in [-0.2, 0) is 4.79 Å². The molecule has 7 heteroatoms. The third-order valence-electron chi connectivity index (χ3n) is 6.55. The smallest absolute Gasteiger partial charge is 0.242 e. The largest absolute Gasteiger partial charge is 0.353 e. The normalized spacial score (nSPS) is 26.0. The monoisotopic (exact) mass is 417 g/mol. The van der Waals surface area contributed by atoms with Gasteiger partial charge in [0.2, 0.25) is 11.9 Å². The van der Waals surface area contributed by atoms with Crippen LogP contribution in [-0.4, -0.2) is 58.5 Å². The Morgan fingerprint density at radius 2 is 2.00 bits per heavy atom. The number of likely N-dealkylation sites (tertiary alicyclic amines) is 1. The van der Waals surface area contributed by atoms with Crippen molar-refractivity contribution in [2.75, 3.05) is 24.5 Å². The number of fused-ring (bicyclic) bond motifs is 1. The van der Waals surface area contributed by atoms with Gasteiger partial charge in [0.15, 0.2) is 0 Å². The maximum atomic E-state index is 13.0. The van der Waals surface area contributed by atoms with Crippen LogP contribution in [0.15, 0.2) is 18.2 Å². The molecule has 2 saturated heterocycles. The Kier molecular flexibility index (Phi) is 6.30. The lowest BCUT2D eigenvalue weighted by atomic mass is 9.97. The quantitative estimate of drug-likeness (QED) is 0.773. The van der Waals surface area contributed by atoms with E-state index < -0.39 is 0 Å². The number of hydrogen-bond acceptors (Lipinski definition) is 4. The third-order valence-corrected chi connectivity index (χ3v) is 6.79. The summed E-state index contributed by atoms with van der Waals surface area (Å²) in [6.07, 6.45) is 6.83. The van der Waals surface area contributed by atoms with Crippen LogP contribution in [0, 0.1) is 0 Å². The second-order valence-corrected chi connectivity index (χ2v) is 9.02. The molecule has 6 nitrogen and oxygen atoms in total. The Morgan fingerprint density at radius 1 is 1.21 bits per heavy atom. The zero-order valence-electron chi connectivity index (χ0n) is 17.5. The lowest BCUT2D eigenvalue weighted by molar-refractivity contribution is -0.123. The molecule has 3 heterocycles. The van der Waals surface area contributed by atoms with Crippen molar-refractivity contribution in [3.05, 3.63) is 23.2 Å². The fourth-order valence-electron chi connectivity index (χ4n) is 4.90. The number of benzene rings is 1. The van der Waals surface area contributed by atoms with Crippen molar-refractivity contribution in [1.29, 1.82) is 0 Å². The zero-order valence-corrected chi connectivity index (χ0v) is 18.2. The first-order valence-corrected chi connectivity index (χ1v) is 11.4. The van der Waals surface area contributed by atoms with Crippen LogP contribution in [0.2, 0.25) is 5.02 Å². The van der Waals surface area contributed by atoms with Gasteiger partial charge in [-0.1, -0.05) is 18.0 Å². The zero-order chi connectivity index (χ0) is 20.4. The van der Waals surface area contributed by atoms with Gasteiger partial charge in [0.1, 0.15) is 6.04 Å². The summed E-state index contributed by atoms with van der Waals surface area (Å²) in [4.78, 5) is 25.7. The fraction of sp³-hybridized carbons (Fsp3) is 0.636. The number of halogens is 1. The molecule has 2 aliphatic rings. The van der Waals surface area contributed by atoms with Gasteiger partial charge in [0, 0.05) is 36.7 Å². The standard InChI is InChI=1S/C22H32ClN5O/c1-15-6-5-7-16(2)27(15)13-11-24-21(29)20-8-3-4-12-28(20)22-25-18-10-9-17(23)14-19(18)26-22/h9-10,14-16,20H,3-8,11-13H2,1-2H3,(H,24,29)(H,25,26)/t15-,16+,20-/m0/s1. The van der Waals surface area contributed by atoms with Gasteiger partial charge >= 0.3 is 0 Å². The summed E-state index contributed by atoms with van der Waals surface area (Å²) in [6.45, 7) is 7.06. The van der Waals surface area contributed by atoms with E-state index in [1.165, 1.54) is 19.3 Å². The van der Waals surface area contributed by atoms with E-state index in [0.29, 0.717) is 23.7 Å². The minimum absolute atomic E-state index is 0.112. The molecule has 29 heavy (non-hydrogen) atoms. The molecule has 0 radical (unpaired) electrons. The number of carbonyl (C=O) groups excluding carboxylic acids is 1. The minimum atomic E-state index is -0.170. The van der Waals surface area contributed by atoms with Crippen molar-refractivity contribution in [3.8, 4) is 0 Å². The van der Waals surface area contributed by atoms with Crippen molar-refractivity contribution in [1.82, 2.24) is 20.2 Å². The van der Waals surface area contributed by atoms with E-state index in [1.807, 2.05) is 18.2 Å². The molecule has 0 spiro atoms. The maximum absolute atomic E-state index is 13.0. The van der Waals surface area contributed by atoms with Crippen LogP contribution in [0.4, 0.5) is 5.95 Å². The predicted octanol–water partition coefficient (Wildman–Crippen LogP) is 3.95. The first-order chi connectivity index (χ1) is 14.0. The number of hydrogen-bond donors (Lipinski definition) is 2. The molecule has 2 N–H and O–H groups in total. The van der Waals surface area contributed by atoms with Crippen LogP contribution in [0.5, 0.6) is 0 Å². The number of nitrogens with zero attached hydrogens (tertiary/aromatic N) is 3. The summed E-state index contributed by atoms with van der Waals surface area (Å²) in [7, 11) is 0. The van der Waals surface area contributed by atoms with Crippen LogP contribution in [0.1, 0.15) is 52.4 Å². The molecule has 2 aromatic rings. The van der Waals surface area contributed by atoms with Gasteiger partial charge < -0.3 is 15.2 Å². The molecule has 0 saturated carbocycles. The molecule has 1 amide bonds. The number of nitrogens with one attached hydrogen (secondary N) is 2. The summed E-state index contributed by atoms with van der Waals surface area (Å²) < 4.78 is 0. The van der Waals surface area contributed by atoms with E-state index >= 15 is 0 Å². The number of anilines is 1.